The average Bonchev–Trinajstić information content (AvgIpc) is 2.80. The number of hydrogen-bond acceptors (Lipinski definition) is 4. The number of aromatic nitrogens is 1. The molecule has 32 heavy (non-hydrogen) atoms. The number of benzene rings is 2. The first kappa shape index (κ1) is 21.2. The second-order valence-electron chi connectivity index (χ2n) is 7.21. The van der Waals surface area contributed by atoms with Crippen molar-refractivity contribution in [2.45, 2.75) is 13.0 Å². The molecule has 0 fully saturated rings. The summed E-state index contributed by atoms with van der Waals surface area (Å²) in [6.45, 7) is 0.767. The average molecular weight is 438 g/mol. The van der Waals surface area contributed by atoms with Crippen LogP contribution in [0.15, 0.2) is 54.7 Å². The van der Waals surface area contributed by atoms with Gasteiger partial charge in [0.1, 0.15) is 28.8 Å². The van der Waals surface area contributed by atoms with Gasteiger partial charge in [-0.15, -0.1) is 0 Å². The van der Waals surface area contributed by atoms with Crippen molar-refractivity contribution in [1.29, 1.82) is 0 Å². The predicted octanol–water partition coefficient (Wildman–Crippen LogP) is 4.10. The number of pyridine rings is 1. The van der Waals surface area contributed by atoms with Gasteiger partial charge in [0, 0.05) is 38.5 Å². The zero-order chi connectivity index (χ0) is 22.7. The van der Waals surface area contributed by atoms with Crippen LogP contribution in [0.4, 0.5) is 19.3 Å². The van der Waals surface area contributed by atoms with Crippen LogP contribution in [0.5, 0.6) is 11.5 Å². The molecule has 164 valence electrons. The van der Waals surface area contributed by atoms with Crippen LogP contribution in [0.1, 0.15) is 21.6 Å². The molecule has 2 heterocycles. The van der Waals surface area contributed by atoms with Crippen molar-refractivity contribution in [1.82, 2.24) is 15.2 Å². The maximum atomic E-state index is 13.9. The van der Waals surface area contributed by atoms with E-state index < -0.39 is 17.7 Å². The number of carbonyl (C=O) groups excluding carboxylic acids is 2. The molecule has 0 radical (unpaired) electrons. The molecule has 0 saturated carbocycles. The molecule has 3 aromatic rings. The number of anilines is 1. The lowest BCUT2D eigenvalue weighted by Gasteiger charge is -2.29. The van der Waals surface area contributed by atoms with Crippen LogP contribution in [0.2, 0.25) is 0 Å². The molecule has 4 rings (SSSR count). The predicted molar refractivity (Wildman–Crippen MR) is 114 cm³/mol. The largest absolute Gasteiger partial charge is 0.457 e. The van der Waals surface area contributed by atoms with Crippen molar-refractivity contribution in [3.05, 3.63) is 83.2 Å². The number of nitrogens with one attached hydrogen (secondary N) is 2. The molecule has 1 aromatic heterocycles. The molecule has 0 unspecified atom stereocenters. The van der Waals surface area contributed by atoms with Gasteiger partial charge in [0.15, 0.2) is 0 Å². The molecule has 3 amide bonds. The molecule has 1 aliphatic rings. The zero-order valence-electron chi connectivity index (χ0n) is 17.2. The molecule has 2 N–H and O–H groups in total. The number of urea groups is 1. The summed E-state index contributed by atoms with van der Waals surface area (Å²) in [7, 11) is 1.52. The highest BCUT2D eigenvalue weighted by Gasteiger charge is 2.22. The number of fused-ring (bicyclic) bond motifs is 1. The smallest absolute Gasteiger partial charge is 0.322 e. The number of carbonyl (C=O) groups is 2. The van der Waals surface area contributed by atoms with E-state index in [1.807, 2.05) is 18.2 Å². The van der Waals surface area contributed by atoms with Gasteiger partial charge in [0.2, 0.25) is 0 Å². The van der Waals surface area contributed by atoms with E-state index in [2.05, 4.69) is 15.6 Å². The van der Waals surface area contributed by atoms with Crippen molar-refractivity contribution in [3.63, 3.8) is 0 Å². The molecule has 1 aliphatic heterocycles. The molecule has 0 atom stereocenters. The Bertz CT molecular complexity index is 1190. The summed E-state index contributed by atoms with van der Waals surface area (Å²) in [5.74, 6) is -0.864. The summed E-state index contributed by atoms with van der Waals surface area (Å²) >= 11 is 0. The van der Waals surface area contributed by atoms with E-state index in [1.54, 1.807) is 11.0 Å². The lowest BCUT2D eigenvalue weighted by molar-refractivity contribution is 0.0957. The van der Waals surface area contributed by atoms with Crippen molar-refractivity contribution >= 4 is 17.6 Å². The number of nitrogens with zero attached hydrogens (tertiary/aromatic N) is 2. The standard InChI is InChI=1S/C23H20F2N4O3/c1-26-22(30)21-12-18(6-8-27-21)32-17-4-2-14-7-9-29(13-15(14)10-17)23(31)28-20-5-3-16(24)11-19(20)25/h2-6,8,10-12H,7,9,13H2,1H3,(H,26,30)(H,28,31). The molecule has 9 heteroatoms. The van der Waals surface area contributed by atoms with Gasteiger partial charge >= 0.3 is 6.03 Å². The fourth-order valence-corrected chi connectivity index (χ4v) is 3.42. The van der Waals surface area contributed by atoms with Crippen molar-refractivity contribution in [2.24, 2.45) is 0 Å². The third-order valence-corrected chi connectivity index (χ3v) is 5.08. The Balaban J connectivity index is 1.47. The van der Waals surface area contributed by atoms with Crippen molar-refractivity contribution in [3.8, 4) is 11.5 Å². The molecule has 0 bridgehead atoms. The van der Waals surface area contributed by atoms with Crippen LogP contribution < -0.4 is 15.4 Å². The van der Waals surface area contributed by atoms with Gasteiger partial charge in [-0.25, -0.2) is 13.6 Å². The van der Waals surface area contributed by atoms with E-state index in [-0.39, 0.29) is 17.3 Å². The van der Waals surface area contributed by atoms with Gasteiger partial charge in [-0.05, 0) is 47.9 Å². The number of rotatable bonds is 4. The van der Waals surface area contributed by atoms with Gasteiger partial charge in [0.05, 0.1) is 5.69 Å². The van der Waals surface area contributed by atoms with E-state index in [4.69, 9.17) is 4.74 Å². The molecule has 7 nitrogen and oxygen atoms in total. The Morgan fingerprint density at radius 2 is 1.84 bits per heavy atom. The Morgan fingerprint density at radius 1 is 1.03 bits per heavy atom. The SMILES string of the molecule is CNC(=O)c1cc(Oc2ccc3c(c2)CN(C(=O)Nc2ccc(F)cc2F)CC3)ccn1. The lowest BCUT2D eigenvalue weighted by Crippen LogP contribution is -2.39. The van der Waals surface area contributed by atoms with Crippen LogP contribution in [0, 0.1) is 11.6 Å². The van der Waals surface area contributed by atoms with Crippen LogP contribution in [-0.4, -0.2) is 35.4 Å². The first-order chi connectivity index (χ1) is 15.4. The number of halogens is 2. The maximum Gasteiger partial charge on any atom is 0.322 e. The number of ether oxygens (including phenoxy) is 1. The normalized spacial score (nSPS) is 12.7. The van der Waals surface area contributed by atoms with Crippen LogP contribution in [0.25, 0.3) is 0 Å². The van der Waals surface area contributed by atoms with Crippen LogP contribution in [-0.2, 0) is 13.0 Å². The Labute approximate surface area is 183 Å². The first-order valence-electron chi connectivity index (χ1n) is 9.91. The zero-order valence-corrected chi connectivity index (χ0v) is 17.2. The van der Waals surface area contributed by atoms with Crippen molar-refractivity contribution in [2.75, 3.05) is 18.9 Å². The highest BCUT2D eigenvalue weighted by molar-refractivity contribution is 5.92. The van der Waals surface area contributed by atoms with Crippen LogP contribution in [0.3, 0.4) is 0 Å². The molecule has 0 aliphatic carbocycles. The summed E-state index contributed by atoms with van der Waals surface area (Å²) in [6.07, 6.45) is 2.12. The maximum absolute atomic E-state index is 13.9. The van der Waals surface area contributed by atoms with E-state index in [1.165, 1.54) is 25.4 Å². The quantitative estimate of drug-likeness (QED) is 0.643. The summed E-state index contributed by atoms with van der Waals surface area (Å²) < 4.78 is 32.8. The number of amides is 3. The van der Waals surface area contributed by atoms with Gasteiger partial charge in [-0.1, -0.05) is 6.07 Å². The van der Waals surface area contributed by atoms with E-state index >= 15 is 0 Å². The Kier molecular flexibility index (Phi) is 5.98. The fourth-order valence-electron chi connectivity index (χ4n) is 3.42. The minimum atomic E-state index is -0.833. The van der Waals surface area contributed by atoms with Gasteiger partial charge in [-0.3, -0.25) is 9.78 Å². The lowest BCUT2D eigenvalue weighted by atomic mass is 10.00. The minimum absolute atomic E-state index is 0.0797. The molecular formula is C23H20F2N4O3. The third kappa shape index (κ3) is 4.66. The molecule has 0 saturated heterocycles. The fraction of sp³-hybridized carbons (Fsp3) is 0.174. The summed E-state index contributed by atoms with van der Waals surface area (Å²) in [5.41, 5.74) is 2.13. The summed E-state index contributed by atoms with van der Waals surface area (Å²) in [5, 5.41) is 4.99. The van der Waals surface area contributed by atoms with Crippen LogP contribution >= 0.6 is 0 Å². The topological polar surface area (TPSA) is 83.6 Å². The van der Waals surface area contributed by atoms with Gasteiger partial charge in [-0.2, -0.15) is 0 Å². The molecular weight excluding hydrogens is 418 g/mol. The molecule has 2 aromatic carbocycles. The summed E-state index contributed by atoms with van der Waals surface area (Å²) in [6, 6.07) is 11.3. The highest BCUT2D eigenvalue weighted by atomic mass is 19.1. The van der Waals surface area contributed by atoms with E-state index in [0.717, 1.165) is 23.3 Å². The summed E-state index contributed by atoms with van der Waals surface area (Å²) in [4.78, 5) is 29.9. The third-order valence-electron chi connectivity index (χ3n) is 5.08. The number of hydrogen-bond donors (Lipinski definition) is 2. The second kappa shape index (κ2) is 9.01. The molecule has 0 spiro atoms. The highest BCUT2D eigenvalue weighted by Crippen LogP contribution is 2.28. The Hall–Kier alpha value is -4.01. The minimum Gasteiger partial charge on any atom is -0.457 e. The van der Waals surface area contributed by atoms with E-state index in [0.29, 0.717) is 31.0 Å². The Morgan fingerprint density at radius 3 is 2.62 bits per heavy atom. The monoisotopic (exact) mass is 438 g/mol. The first-order valence-corrected chi connectivity index (χ1v) is 9.91. The second-order valence-corrected chi connectivity index (χ2v) is 7.21. The van der Waals surface area contributed by atoms with Crippen molar-refractivity contribution < 1.29 is 23.1 Å². The van der Waals surface area contributed by atoms with Gasteiger partial charge in [0.25, 0.3) is 5.91 Å². The van der Waals surface area contributed by atoms with E-state index in [9.17, 15) is 18.4 Å². The van der Waals surface area contributed by atoms with Gasteiger partial charge < -0.3 is 20.3 Å².